The lowest BCUT2D eigenvalue weighted by molar-refractivity contribution is -0.385. The van der Waals surface area contributed by atoms with E-state index in [1.165, 1.54) is 17.0 Å². The number of carbonyl (C=O) groups is 1. The Morgan fingerprint density at radius 1 is 1.25 bits per heavy atom. The van der Waals surface area contributed by atoms with Crippen molar-refractivity contribution in [3.05, 3.63) is 88.3 Å². The second kappa shape index (κ2) is 8.26. The molecule has 0 fully saturated rings. The molecule has 0 saturated carbocycles. The van der Waals surface area contributed by atoms with Gasteiger partial charge in [0.2, 0.25) is 11.7 Å². The molecule has 0 aliphatic rings. The van der Waals surface area contributed by atoms with Crippen molar-refractivity contribution in [2.75, 3.05) is 6.54 Å². The van der Waals surface area contributed by atoms with Crippen molar-refractivity contribution >= 4 is 11.6 Å². The molecule has 8 heteroatoms. The first-order valence-corrected chi connectivity index (χ1v) is 8.53. The van der Waals surface area contributed by atoms with Crippen molar-refractivity contribution in [2.24, 2.45) is 0 Å². The van der Waals surface area contributed by atoms with Gasteiger partial charge in [-0.1, -0.05) is 47.6 Å². The van der Waals surface area contributed by atoms with Crippen molar-refractivity contribution in [3.63, 3.8) is 0 Å². The Morgan fingerprint density at radius 2 is 2.00 bits per heavy atom. The normalized spacial score (nSPS) is 10.5. The van der Waals surface area contributed by atoms with Crippen LogP contribution in [0.15, 0.2) is 65.7 Å². The van der Waals surface area contributed by atoms with Gasteiger partial charge in [-0.3, -0.25) is 14.9 Å². The third-order valence-electron chi connectivity index (χ3n) is 4.20. The summed E-state index contributed by atoms with van der Waals surface area (Å²) in [6, 6.07) is 13.7. The van der Waals surface area contributed by atoms with Gasteiger partial charge in [0.05, 0.1) is 4.92 Å². The SMILES string of the molecule is C=CCN(Cc1nc(-c2ccccc2)no1)C(=O)c1cccc([N+](=O)[O-])c1C. The van der Waals surface area contributed by atoms with Crippen LogP contribution in [0.25, 0.3) is 11.4 Å². The number of rotatable bonds is 7. The molecule has 1 amide bonds. The number of hydrogen-bond donors (Lipinski definition) is 0. The number of nitro groups is 1. The van der Waals surface area contributed by atoms with E-state index in [4.69, 9.17) is 4.52 Å². The van der Waals surface area contributed by atoms with E-state index in [0.717, 1.165) is 5.56 Å². The molecule has 8 nitrogen and oxygen atoms in total. The smallest absolute Gasteiger partial charge is 0.273 e. The number of carbonyl (C=O) groups excluding carboxylic acids is 1. The van der Waals surface area contributed by atoms with Gasteiger partial charge in [-0.05, 0) is 13.0 Å². The highest BCUT2D eigenvalue weighted by Gasteiger charge is 2.23. The highest BCUT2D eigenvalue weighted by molar-refractivity contribution is 5.96. The van der Waals surface area contributed by atoms with Crippen LogP contribution in [-0.2, 0) is 6.54 Å². The molecule has 0 atom stereocenters. The van der Waals surface area contributed by atoms with Gasteiger partial charge in [0.15, 0.2) is 0 Å². The number of nitro benzene ring substituents is 1. The number of amides is 1. The molecule has 1 heterocycles. The summed E-state index contributed by atoms with van der Waals surface area (Å²) in [5.41, 5.74) is 1.25. The fraction of sp³-hybridized carbons (Fsp3) is 0.150. The molecule has 0 N–H and O–H groups in total. The first kappa shape index (κ1) is 19.0. The number of nitrogens with zero attached hydrogens (tertiary/aromatic N) is 4. The van der Waals surface area contributed by atoms with Crippen molar-refractivity contribution in [1.82, 2.24) is 15.0 Å². The molecular weight excluding hydrogens is 360 g/mol. The lowest BCUT2D eigenvalue weighted by Crippen LogP contribution is -2.31. The highest BCUT2D eigenvalue weighted by Crippen LogP contribution is 2.23. The summed E-state index contributed by atoms with van der Waals surface area (Å²) in [4.78, 5) is 29.4. The maximum Gasteiger partial charge on any atom is 0.273 e. The molecule has 0 aliphatic carbocycles. The minimum absolute atomic E-state index is 0.0623. The standard InChI is InChI=1S/C20H18N4O4/c1-3-12-23(20(25)16-10-7-11-17(14(16)2)24(26)27)13-18-21-19(22-28-18)15-8-5-4-6-9-15/h3-11H,1,12-13H2,2H3. The number of hydrogen-bond acceptors (Lipinski definition) is 6. The van der Waals surface area contributed by atoms with Crippen molar-refractivity contribution < 1.29 is 14.2 Å². The Bertz CT molecular complexity index is 1010. The molecule has 3 aromatic rings. The molecular formula is C20H18N4O4. The molecule has 2 aromatic carbocycles. The van der Waals surface area contributed by atoms with Crippen molar-refractivity contribution in [1.29, 1.82) is 0 Å². The first-order chi connectivity index (χ1) is 13.5. The molecule has 0 saturated heterocycles. The number of aromatic nitrogens is 2. The maximum atomic E-state index is 13.0. The predicted molar refractivity (Wildman–Crippen MR) is 103 cm³/mol. The third-order valence-corrected chi connectivity index (χ3v) is 4.20. The lowest BCUT2D eigenvalue weighted by atomic mass is 10.1. The van der Waals surface area contributed by atoms with E-state index in [1.54, 1.807) is 19.1 Å². The van der Waals surface area contributed by atoms with Crippen LogP contribution in [0.4, 0.5) is 5.69 Å². The van der Waals surface area contributed by atoms with Gasteiger partial charge in [0.1, 0.15) is 6.54 Å². The van der Waals surface area contributed by atoms with Crippen LogP contribution in [0.1, 0.15) is 21.8 Å². The molecule has 28 heavy (non-hydrogen) atoms. The average molecular weight is 378 g/mol. The predicted octanol–water partition coefficient (Wildman–Crippen LogP) is 3.78. The van der Waals surface area contributed by atoms with Gasteiger partial charge in [-0.2, -0.15) is 4.98 Å². The van der Waals surface area contributed by atoms with Gasteiger partial charge < -0.3 is 9.42 Å². The summed E-state index contributed by atoms with van der Waals surface area (Å²) in [7, 11) is 0. The van der Waals surface area contributed by atoms with Gasteiger partial charge in [0, 0.05) is 29.3 Å². The summed E-state index contributed by atoms with van der Waals surface area (Å²) in [6.45, 7) is 5.51. The summed E-state index contributed by atoms with van der Waals surface area (Å²) in [5, 5.41) is 15.1. The fourth-order valence-electron chi connectivity index (χ4n) is 2.79. The molecule has 0 bridgehead atoms. The van der Waals surface area contributed by atoms with E-state index < -0.39 is 4.92 Å². The van der Waals surface area contributed by atoms with E-state index in [0.29, 0.717) is 11.4 Å². The third kappa shape index (κ3) is 3.96. The molecule has 1 aromatic heterocycles. The largest absolute Gasteiger partial charge is 0.337 e. The summed E-state index contributed by atoms with van der Waals surface area (Å²) in [5.74, 6) is 0.311. The fourth-order valence-corrected chi connectivity index (χ4v) is 2.79. The van der Waals surface area contributed by atoms with E-state index in [1.807, 2.05) is 30.3 Å². The minimum Gasteiger partial charge on any atom is -0.337 e. The van der Waals surface area contributed by atoms with Crippen LogP contribution in [-0.4, -0.2) is 32.4 Å². The monoisotopic (exact) mass is 378 g/mol. The average Bonchev–Trinajstić information content (AvgIpc) is 3.16. The van der Waals surface area contributed by atoms with Crippen molar-refractivity contribution in [2.45, 2.75) is 13.5 Å². The second-order valence-corrected chi connectivity index (χ2v) is 6.06. The van der Waals surface area contributed by atoms with Crippen LogP contribution in [0, 0.1) is 17.0 Å². The second-order valence-electron chi connectivity index (χ2n) is 6.06. The van der Waals surface area contributed by atoms with Gasteiger partial charge >= 0.3 is 0 Å². The molecule has 0 spiro atoms. The van der Waals surface area contributed by atoms with Gasteiger partial charge in [0.25, 0.3) is 11.6 Å². The van der Waals surface area contributed by atoms with E-state index >= 15 is 0 Å². The van der Waals surface area contributed by atoms with E-state index in [9.17, 15) is 14.9 Å². The molecule has 0 unspecified atom stereocenters. The van der Waals surface area contributed by atoms with Crippen LogP contribution in [0.5, 0.6) is 0 Å². The number of benzene rings is 2. The molecule has 0 radical (unpaired) electrons. The summed E-state index contributed by atoms with van der Waals surface area (Å²) in [6.07, 6.45) is 1.57. The summed E-state index contributed by atoms with van der Waals surface area (Å²) < 4.78 is 5.28. The lowest BCUT2D eigenvalue weighted by Gasteiger charge is -2.20. The van der Waals surface area contributed by atoms with Crippen LogP contribution in [0.3, 0.4) is 0 Å². The molecule has 3 rings (SSSR count). The topological polar surface area (TPSA) is 102 Å². The zero-order chi connectivity index (χ0) is 20.1. The Labute approximate surface area is 161 Å². The molecule has 0 aliphatic heterocycles. The van der Waals surface area contributed by atoms with E-state index in [-0.39, 0.29) is 36.1 Å². The first-order valence-electron chi connectivity index (χ1n) is 8.53. The maximum absolute atomic E-state index is 13.0. The summed E-state index contributed by atoms with van der Waals surface area (Å²) >= 11 is 0. The quantitative estimate of drug-likeness (QED) is 0.352. The Hall–Kier alpha value is -3.81. The van der Waals surface area contributed by atoms with Crippen molar-refractivity contribution in [3.8, 4) is 11.4 Å². The zero-order valence-corrected chi connectivity index (χ0v) is 15.2. The van der Waals surface area contributed by atoms with Gasteiger partial charge in [-0.15, -0.1) is 6.58 Å². The van der Waals surface area contributed by atoms with Crippen LogP contribution < -0.4 is 0 Å². The van der Waals surface area contributed by atoms with Crippen LogP contribution in [0.2, 0.25) is 0 Å². The van der Waals surface area contributed by atoms with Crippen LogP contribution >= 0.6 is 0 Å². The van der Waals surface area contributed by atoms with Gasteiger partial charge in [-0.25, -0.2) is 0 Å². The van der Waals surface area contributed by atoms with E-state index in [2.05, 4.69) is 16.7 Å². The molecule has 142 valence electrons. The zero-order valence-electron chi connectivity index (χ0n) is 15.2. The highest BCUT2D eigenvalue weighted by atomic mass is 16.6. The minimum atomic E-state index is -0.506. The Kier molecular flexibility index (Phi) is 5.59. The Balaban J connectivity index is 1.86. The Morgan fingerprint density at radius 3 is 2.68 bits per heavy atom.